The van der Waals surface area contributed by atoms with E-state index in [1.54, 1.807) is 0 Å². The zero-order chi connectivity index (χ0) is 15.2. The Morgan fingerprint density at radius 3 is 2.81 bits per heavy atom. The Balaban J connectivity index is 1.91. The minimum atomic E-state index is 0.0810. The summed E-state index contributed by atoms with van der Waals surface area (Å²) in [7, 11) is 0. The summed E-state index contributed by atoms with van der Waals surface area (Å²) in [5, 5.41) is 3.90. The molecule has 3 N–H and O–H groups in total. The molecule has 4 heteroatoms. The van der Waals surface area contributed by atoms with Crippen LogP contribution in [0.5, 0.6) is 0 Å². The lowest BCUT2D eigenvalue weighted by Crippen LogP contribution is -2.43. The Morgan fingerprint density at radius 2 is 2.10 bits per heavy atom. The molecule has 0 radical (unpaired) electrons. The second kappa shape index (κ2) is 7.81. The zero-order valence-corrected chi connectivity index (χ0v) is 13.4. The topological polar surface area (TPSA) is 55.1 Å². The van der Waals surface area contributed by atoms with Crippen LogP contribution in [0, 0.1) is 11.8 Å². The fraction of sp³-hybridized carbons (Fsp3) is 0.588. The number of benzene rings is 1. The van der Waals surface area contributed by atoms with Crippen molar-refractivity contribution in [2.45, 2.75) is 45.1 Å². The highest BCUT2D eigenvalue weighted by Crippen LogP contribution is 2.29. The Labute approximate surface area is 132 Å². The van der Waals surface area contributed by atoms with E-state index in [2.05, 4.69) is 5.32 Å². The second-order valence-corrected chi connectivity index (χ2v) is 6.50. The maximum atomic E-state index is 12.5. The Hall–Kier alpha value is -1.06. The Bertz CT molecular complexity index is 478. The van der Waals surface area contributed by atoms with Crippen molar-refractivity contribution >= 4 is 17.5 Å². The van der Waals surface area contributed by atoms with Gasteiger partial charge in [0, 0.05) is 17.0 Å². The summed E-state index contributed by atoms with van der Waals surface area (Å²) >= 11 is 6.17. The van der Waals surface area contributed by atoms with Crippen molar-refractivity contribution in [2.75, 3.05) is 6.54 Å². The molecule has 3 unspecified atom stereocenters. The second-order valence-electron chi connectivity index (χ2n) is 6.09. The van der Waals surface area contributed by atoms with Crippen molar-refractivity contribution in [3.05, 3.63) is 34.9 Å². The van der Waals surface area contributed by atoms with Gasteiger partial charge in [0.25, 0.3) is 0 Å². The van der Waals surface area contributed by atoms with E-state index in [0.29, 0.717) is 12.5 Å². The molecule has 0 saturated heterocycles. The number of hydrogen-bond donors (Lipinski definition) is 2. The van der Waals surface area contributed by atoms with Crippen LogP contribution in [-0.2, 0) is 11.2 Å². The van der Waals surface area contributed by atoms with Crippen LogP contribution in [0.4, 0.5) is 0 Å². The van der Waals surface area contributed by atoms with Gasteiger partial charge in [0.1, 0.15) is 0 Å². The molecule has 0 bridgehead atoms. The first kappa shape index (κ1) is 16.3. The molecule has 116 valence electrons. The fourth-order valence-electron chi connectivity index (χ4n) is 3.23. The fourth-order valence-corrected chi connectivity index (χ4v) is 3.44. The van der Waals surface area contributed by atoms with Crippen LogP contribution in [0.25, 0.3) is 0 Å². The molecule has 3 nitrogen and oxygen atoms in total. The molecule has 1 aliphatic rings. The zero-order valence-electron chi connectivity index (χ0n) is 12.6. The van der Waals surface area contributed by atoms with E-state index in [-0.39, 0.29) is 17.9 Å². The van der Waals surface area contributed by atoms with Gasteiger partial charge in [-0.3, -0.25) is 4.79 Å². The van der Waals surface area contributed by atoms with E-state index < -0.39 is 0 Å². The first-order chi connectivity index (χ1) is 10.1. The predicted octanol–water partition coefficient (Wildman–Crippen LogP) is 3.15. The third kappa shape index (κ3) is 4.45. The van der Waals surface area contributed by atoms with Crippen molar-refractivity contribution in [3.63, 3.8) is 0 Å². The van der Waals surface area contributed by atoms with Gasteiger partial charge in [0.05, 0.1) is 0 Å². The van der Waals surface area contributed by atoms with Crippen molar-refractivity contribution < 1.29 is 4.79 Å². The molecule has 1 aromatic carbocycles. The lowest BCUT2D eigenvalue weighted by molar-refractivity contribution is -0.128. The lowest BCUT2D eigenvalue weighted by Gasteiger charge is -2.30. The quantitative estimate of drug-likeness (QED) is 0.878. The van der Waals surface area contributed by atoms with Crippen LogP contribution in [0.3, 0.4) is 0 Å². The molecule has 21 heavy (non-hydrogen) atoms. The van der Waals surface area contributed by atoms with Gasteiger partial charge in [-0.05, 0) is 50.3 Å². The van der Waals surface area contributed by atoms with E-state index in [1.165, 1.54) is 6.42 Å². The standard InChI is InChI=1S/C17H25ClN2O/c1-12(10-13-6-3-5-9-16(13)18)20-17(21)15-8-4-2-7-14(15)11-19/h3,5-6,9,12,14-15H,2,4,7-8,10-11,19H2,1H3,(H,20,21). The summed E-state index contributed by atoms with van der Waals surface area (Å²) in [6.45, 7) is 2.64. The molecule has 3 atom stereocenters. The summed E-state index contributed by atoms with van der Waals surface area (Å²) in [4.78, 5) is 12.5. The minimum absolute atomic E-state index is 0.0810. The third-order valence-electron chi connectivity index (χ3n) is 4.42. The van der Waals surface area contributed by atoms with Crippen LogP contribution in [0.1, 0.15) is 38.2 Å². The van der Waals surface area contributed by atoms with Gasteiger partial charge < -0.3 is 11.1 Å². The predicted molar refractivity (Wildman–Crippen MR) is 87.3 cm³/mol. The molecule has 0 heterocycles. The summed E-state index contributed by atoms with van der Waals surface area (Å²) < 4.78 is 0. The maximum absolute atomic E-state index is 12.5. The molecule has 1 fully saturated rings. The number of hydrogen-bond acceptors (Lipinski definition) is 2. The van der Waals surface area contributed by atoms with E-state index in [9.17, 15) is 4.79 Å². The number of nitrogens with one attached hydrogen (secondary N) is 1. The third-order valence-corrected chi connectivity index (χ3v) is 4.79. The van der Waals surface area contributed by atoms with E-state index in [4.69, 9.17) is 17.3 Å². The molecule has 0 aliphatic heterocycles. The summed E-state index contributed by atoms with van der Waals surface area (Å²) in [5.74, 6) is 0.577. The van der Waals surface area contributed by atoms with Gasteiger partial charge in [0.15, 0.2) is 0 Å². The SMILES string of the molecule is CC(Cc1ccccc1Cl)NC(=O)C1CCCCC1CN. The highest BCUT2D eigenvalue weighted by Gasteiger charge is 2.30. The van der Waals surface area contributed by atoms with Gasteiger partial charge in [-0.25, -0.2) is 0 Å². The van der Waals surface area contributed by atoms with Crippen molar-refractivity contribution in [3.8, 4) is 0 Å². The molecule has 2 rings (SSSR count). The molecule has 1 aliphatic carbocycles. The number of halogens is 1. The maximum Gasteiger partial charge on any atom is 0.223 e. The van der Waals surface area contributed by atoms with Crippen LogP contribution >= 0.6 is 11.6 Å². The van der Waals surface area contributed by atoms with Gasteiger partial charge in [-0.2, -0.15) is 0 Å². The number of rotatable bonds is 5. The van der Waals surface area contributed by atoms with Gasteiger partial charge in [0.2, 0.25) is 5.91 Å². The van der Waals surface area contributed by atoms with E-state index in [1.807, 2.05) is 31.2 Å². The first-order valence-corrected chi connectivity index (χ1v) is 8.23. The molecule has 1 saturated carbocycles. The van der Waals surface area contributed by atoms with Crippen molar-refractivity contribution in [2.24, 2.45) is 17.6 Å². The molecule has 0 aromatic heterocycles. The van der Waals surface area contributed by atoms with Crippen LogP contribution in [0.2, 0.25) is 5.02 Å². The van der Waals surface area contributed by atoms with Crippen molar-refractivity contribution in [1.82, 2.24) is 5.32 Å². The highest BCUT2D eigenvalue weighted by molar-refractivity contribution is 6.31. The minimum Gasteiger partial charge on any atom is -0.353 e. The van der Waals surface area contributed by atoms with Crippen molar-refractivity contribution in [1.29, 1.82) is 0 Å². The van der Waals surface area contributed by atoms with E-state index in [0.717, 1.165) is 36.3 Å². The number of amides is 1. The van der Waals surface area contributed by atoms with Crippen LogP contribution in [0.15, 0.2) is 24.3 Å². The van der Waals surface area contributed by atoms with Gasteiger partial charge in [-0.15, -0.1) is 0 Å². The Kier molecular flexibility index (Phi) is 6.07. The smallest absolute Gasteiger partial charge is 0.223 e. The van der Waals surface area contributed by atoms with Crippen LogP contribution < -0.4 is 11.1 Å². The van der Waals surface area contributed by atoms with Gasteiger partial charge in [-0.1, -0.05) is 42.6 Å². The average molecular weight is 309 g/mol. The first-order valence-electron chi connectivity index (χ1n) is 7.85. The summed E-state index contributed by atoms with van der Waals surface area (Å²) in [6.07, 6.45) is 5.12. The summed E-state index contributed by atoms with van der Waals surface area (Å²) in [6, 6.07) is 7.87. The Morgan fingerprint density at radius 1 is 1.38 bits per heavy atom. The number of carbonyl (C=O) groups excluding carboxylic acids is 1. The summed E-state index contributed by atoms with van der Waals surface area (Å²) in [5.41, 5.74) is 6.88. The number of nitrogens with two attached hydrogens (primary N) is 1. The van der Waals surface area contributed by atoms with E-state index >= 15 is 0 Å². The molecule has 1 aromatic rings. The van der Waals surface area contributed by atoms with Gasteiger partial charge >= 0.3 is 0 Å². The average Bonchev–Trinajstić information content (AvgIpc) is 2.49. The highest BCUT2D eigenvalue weighted by atomic mass is 35.5. The number of carbonyl (C=O) groups is 1. The molecular formula is C17H25ClN2O. The molecule has 0 spiro atoms. The normalized spacial score (nSPS) is 23.6. The van der Waals surface area contributed by atoms with Crippen LogP contribution in [-0.4, -0.2) is 18.5 Å². The monoisotopic (exact) mass is 308 g/mol. The molecule has 1 amide bonds. The lowest BCUT2D eigenvalue weighted by atomic mass is 9.78. The molecular weight excluding hydrogens is 284 g/mol. The largest absolute Gasteiger partial charge is 0.353 e.